The zero-order chi connectivity index (χ0) is 35.1. The molecule has 0 heterocycles. The fraction of sp³-hybridized carbons (Fsp3) is 0.378. The zero-order valence-electron chi connectivity index (χ0n) is 28.2. The predicted octanol–water partition coefficient (Wildman–Crippen LogP) is 5.26. The van der Waals surface area contributed by atoms with E-state index in [-0.39, 0.29) is 25.5 Å². The second kappa shape index (κ2) is 15.1. The molecule has 0 unspecified atom stereocenters. The van der Waals surface area contributed by atoms with E-state index in [9.17, 15) is 24.0 Å². The first-order chi connectivity index (χ1) is 22.6. The Bertz CT molecular complexity index is 1610. The molecule has 11 heteroatoms. The molecule has 0 aliphatic heterocycles. The maximum Gasteiger partial charge on any atom is 0.407 e. The van der Waals surface area contributed by atoms with Gasteiger partial charge in [-0.15, -0.1) is 0 Å². The third-order valence-electron chi connectivity index (χ3n) is 7.25. The smallest absolute Gasteiger partial charge is 0.407 e. The molecule has 1 aliphatic carbocycles. The van der Waals surface area contributed by atoms with Crippen LogP contribution in [0, 0.1) is 0 Å². The van der Waals surface area contributed by atoms with E-state index in [2.05, 4.69) is 16.0 Å². The molecule has 11 nitrogen and oxygen atoms in total. The molecular formula is C37H43N3O8. The van der Waals surface area contributed by atoms with Gasteiger partial charge in [-0.2, -0.15) is 0 Å². The number of rotatable bonds is 10. The molecule has 1 atom stereocenters. The van der Waals surface area contributed by atoms with Gasteiger partial charge in [-0.25, -0.2) is 9.59 Å². The SMILES string of the molecule is CC(C)(C)OC(=O)C[C@H](NC(=O)OCC1c2ccccc2-c2ccccc21)C(=O)NCCc1ccc(NC(=O)C(=O)OC(C)(C)C)cc1. The highest BCUT2D eigenvalue weighted by atomic mass is 16.6. The van der Waals surface area contributed by atoms with Crippen molar-refractivity contribution in [1.29, 1.82) is 0 Å². The van der Waals surface area contributed by atoms with Crippen molar-refractivity contribution in [1.82, 2.24) is 10.6 Å². The minimum Gasteiger partial charge on any atom is -0.460 e. The molecule has 0 radical (unpaired) electrons. The third-order valence-corrected chi connectivity index (χ3v) is 7.25. The number of hydrogen-bond donors (Lipinski definition) is 3. The van der Waals surface area contributed by atoms with Crippen molar-refractivity contribution in [3.05, 3.63) is 89.5 Å². The van der Waals surface area contributed by atoms with Crippen molar-refractivity contribution in [2.75, 3.05) is 18.5 Å². The van der Waals surface area contributed by atoms with Gasteiger partial charge in [0.1, 0.15) is 23.9 Å². The maximum absolute atomic E-state index is 13.2. The molecular weight excluding hydrogens is 614 g/mol. The van der Waals surface area contributed by atoms with Gasteiger partial charge in [0.2, 0.25) is 5.91 Å². The van der Waals surface area contributed by atoms with Crippen molar-refractivity contribution in [3.8, 4) is 11.1 Å². The van der Waals surface area contributed by atoms with Gasteiger partial charge in [0.05, 0.1) is 6.42 Å². The first-order valence-electron chi connectivity index (χ1n) is 15.8. The van der Waals surface area contributed by atoms with Gasteiger partial charge in [-0.3, -0.25) is 14.4 Å². The lowest BCUT2D eigenvalue weighted by molar-refractivity contribution is -0.161. The average Bonchev–Trinajstić information content (AvgIpc) is 3.32. The Morgan fingerprint density at radius 3 is 1.88 bits per heavy atom. The highest BCUT2D eigenvalue weighted by molar-refractivity contribution is 6.37. The summed E-state index contributed by atoms with van der Waals surface area (Å²) in [5, 5.41) is 7.81. The lowest BCUT2D eigenvalue weighted by atomic mass is 9.98. The van der Waals surface area contributed by atoms with E-state index >= 15 is 0 Å². The average molecular weight is 658 g/mol. The molecule has 0 aromatic heterocycles. The molecule has 3 N–H and O–H groups in total. The van der Waals surface area contributed by atoms with Crippen LogP contribution in [0.3, 0.4) is 0 Å². The number of hydrogen-bond acceptors (Lipinski definition) is 8. The lowest BCUT2D eigenvalue weighted by Gasteiger charge is -2.23. The summed E-state index contributed by atoms with van der Waals surface area (Å²) >= 11 is 0. The molecule has 0 saturated carbocycles. The predicted molar refractivity (Wildman–Crippen MR) is 180 cm³/mol. The van der Waals surface area contributed by atoms with E-state index < -0.39 is 47.1 Å². The lowest BCUT2D eigenvalue weighted by Crippen LogP contribution is -2.49. The van der Waals surface area contributed by atoms with Crippen molar-refractivity contribution in [3.63, 3.8) is 0 Å². The number of amides is 3. The molecule has 0 fully saturated rings. The molecule has 254 valence electrons. The number of esters is 2. The highest BCUT2D eigenvalue weighted by Gasteiger charge is 2.31. The first kappa shape index (κ1) is 35.7. The van der Waals surface area contributed by atoms with Gasteiger partial charge in [-0.05, 0) is 87.9 Å². The van der Waals surface area contributed by atoms with Gasteiger partial charge in [-0.1, -0.05) is 60.7 Å². The van der Waals surface area contributed by atoms with E-state index in [4.69, 9.17) is 14.2 Å². The Morgan fingerprint density at radius 2 is 1.31 bits per heavy atom. The normalized spacial score (nSPS) is 13.0. The molecule has 0 saturated heterocycles. The second-order valence-corrected chi connectivity index (χ2v) is 13.5. The van der Waals surface area contributed by atoms with E-state index in [1.807, 2.05) is 48.5 Å². The fourth-order valence-corrected chi connectivity index (χ4v) is 5.26. The van der Waals surface area contributed by atoms with Gasteiger partial charge < -0.3 is 30.2 Å². The summed E-state index contributed by atoms with van der Waals surface area (Å²) in [5.74, 6) is -3.26. The van der Waals surface area contributed by atoms with Crippen LogP contribution in [-0.2, 0) is 39.8 Å². The van der Waals surface area contributed by atoms with E-state index in [0.29, 0.717) is 12.1 Å². The Morgan fingerprint density at radius 1 is 0.750 bits per heavy atom. The van der Waals surface area contributed by atoms with Crippen LogP contribution < -0.4 is 16.0 Å². The van der Waals surface area contributed by atoms with Crippen LogP contribution in [0.5, 0.6) is 0 Å². The van der Waals surface area contributed by atoms with Gasteiger partial charge in [0.25, 0.3) is 0 Å². The largest absolute Gasteiger partial charge is 0.460 e. The summed E-state index contributed by atoms with van der Waals surface area (Å²) in [6.07, 6.45) is -0.806. The maximum atomic E-state index is 13.2. The number of alkyl carbamates (subject to hydrolysis) is 1. The molecule has 48 heavy (non-hydrogen) atoms. The van der Waals surface area contributed by atoms with Gasteiger partial charge >= 0.3 is 23.9 Å². The standard InChI is InChI=1S/C37H43N3O8/c1-36(2,3)47-31(41)21-30(40-35(45)46-22-29-27-13-9-7-11-25(27)26-12-8-10-14-28(26)29)32(42)38-20-19-23-15-17-24(18-16-23)39-33(43)34(44)48-37(4,5)6/h7-18,29-30H,19-22H2,1-6H3,(H,38,42)(H,39,43)(H,40,45)/t30-/m0/s1. The first-order valence-corrected chi connectivity index (χ1v) is 15.8. The van der Waals surface area contributed by atoms with Crippen LogP contribution in [0.4, 0.5) is 10.5 Å². The topological polar surface area (TPSA) is 149 Å². The van der Waals surface area contributed by atoms with Gasteiger partial charge in [0, 0.05) is 18.2 Å². The third kappa shape index (κ3) is 10.2. The molecule has 4 rings (SSSR count). The van der Waals surface area contributed by atoms with Crippen molar-refractivity contribution in [2.24, 2.45) is 0 Å². The number of carbonyl (C=O) groups excluding carboxylic acids is 5. The van der Waals surface area contributed by atoms with Crippen LogP contribution >= 0.6 is 0 Å². The zero-order valence-corrected chi connectivity index (χ0v) is 28.2. The van der Waals surface area contributed by atoms with Crippen LogP contribution in [0.15, 0.2) is 72.8 Å². The number of nitrogens with one attached hydrogen (secondary N) is 3. The summed E-state index contributed by atoms with van der Waals surface area (Å²) in [5.41, 5.74) is 3.94. The monoisotopic (exact) mass is 657 g/mol. The minimum absolute atomic E-state index is 0.0505. The van der Waals surface area contributed by atoms with Crippen molar-refractivity contribution >= 4 is 35.5 Å². The molecule has 3 aromatic rings. The molecule has 0 bridgehead atoms. The second-order valence-electron chi connectivity index (χ2n) is 13.5. The van der Waals surface area contributed by atoms with E-state index in [1.54, 1.807) is 65.8 Å². The quantitative estimate of drug-likeness (QED) is 0.152. The van der Waals surface area contributed by atoms with Gasteiger partial charge in [0.15, 0.2) is 0 Å². The molecule has 0 spiro atoms. The van der Waals surface area contributed by atoms with E-state index in [1.165, 1.54) is 0 Å². The number of anilines is 1. The number of fused-ring (bicyclic) bond motifs is 3. The van der Waals surface area contributed by atoms with Crippen LogP contribution in [0.2, 0.25) is 0 Å². The molecule has 3 amide bonds. The Kier molecular flexibility index (Phi) is 11.3. The Labute approximate surface area is 280 Å². The summed E-state index contributed by atoms with van der Waals surface area (Å²) in [6, 6.07) is 21.4. The highest BCUT2D eigenvalue weighted by Crippen LogP contribution is 2.44. The summed E-state index contributed by atoms with van der Waals surface area (Å²) in [7, 11) is 0. The van der Waals surface area contributed by atoms with Crippen LogP contribution in [0.25, 0.3) is 11.1 Å². The fourth-order valence-electron chi connectivity index (χ4n) is 5.26. The van der Waals surface area contributed by atoms with Crippen LogP contribution in [0.1, 0.15) is 70.6 Å². The number of benzene rings is 3. The molecule has 1 aliphatic rings. The minimum atomic E-state index is -1.24. The van der Waals surface area contributed by atoms with Crippen LogP contribution in [-0.4, -0.2) is 60.2 Å². The molecule has 3 aromatic carbocycles. The Hall–Kier alpha value is -5.19. The number of ether oxygens (including phenoxy) is 3. The number of carbonyl (C=O) groups is 5. The van der Waals surface area contributed by atoms with E-state index in [0.717, 1.165) is 27.8 Å². The summed E-state index contributed by atoms with van der Waals surface area (Å²) in [4.78, 5) is 62.9. The Balaban J connectivity index is 1.33. The summed E-state index contributed by atoms with van der Waals surface area (Å²) in [6.45, 7) is 10.4. The van der Waals surface area contributed by atoms with Crippen molar-refractivity contribution in [2.45, 2.75) is 77.5 Å². The summed E-state index contributed by atoms with van der Waals surface area (Å²) < 4.78 is 16.1. The van der Waals surface area contributed by atoms with Crippen molar-refractivity contribution < 1.29 is 38.2 Å².